The van der Waals surface area contributed by atoms with Crippen LogP contribution < -0.4 is 10.3 Å². The number of methoxy groups -OCH3 is 1. The molecule has 1 aromatic heterocycles. The van der Waals surface area contributed by atoms with Crippen LogP contribution in [0, 0.1) is 0 Å². The number of hydrogen-bond acceptors (Lipinski definition) is 2. The molecule has 2 heterocycles. The number of ether oxygens (including phenoxy) is 1. The van der Waals surface area contributed by atoms with Crippen molar-refractivity contribution in [1.29, 1.82) is 0 Å². The van der Waals surface area contributed by atoms with Crippen LogP contribution in [-0.4, -0.2) is 11.7 Å². The van der Waals surface area contributed by atoms with Crippen molar-refractivity contribution >= 4 is 10.8 Å². The van der Waals surface area contributed by atoms with Crippen LogP contribution in [0.4, 0.5) is 0 Å². The molecule has 0 radical (unpaired) electrons. The first-order valence-corrected chi connectivity index (χ1v) is 6.00. The Labute approximate surface area is 99.6 Å². The molecule has 2 aromatic rings. The van der Waals surface area contributed by atoms with Crippen LogP contribution in [0.5, 0.6) is 5.75 Å². The van der Waals surface area contributed by atoms with E-state index in [1.807, 2.05) is 22.8 Å². The fourth-order valence-electron chi connectivity index (χ4n) is 2.54. The number of fused-ring (bicyclic) bond motifs is 2. The molecule has 88 valence electrons. The maximum absolute atomic E-state index is 12.3. The predicted octanol–water partition coefficient (Wildman–Crippen LogP) is 2.35. The van der Waals surface area contributed by atoms with Crippen LogP contribution in [0.3, 0.4) is 0 Å². The molecule has 0 spiro atoms. The molecule has 1 aliphatic heterocycles. The van der Waals surface area contributed by atoms with Gasteiger partial charge in [-0.1, -0.05) is 0 Å². The zero-order valence-corrected chi connectivity index (χ0v) is 9.90. The molecule has 0 bridgehead atoms. The van der Waals surface area contributed by atoms with Crippen molar-refractivity contribution in [2.45, 2.75) is 25.8 Å². The van der Waals surface area contributed by atoms with Crippen LogP contribution in [0.25, 0.3) is 10.8 Å². The van der Waals surface area contributed by atoms with Crippen molar-refractivity contribution in [3.8, 4) is 5.75 Å². The van der Waals surface area contributed by atoms with Crippen LogP contribution in [0.15, 0.2) is 29.1 Å². The number of benzene rings is 1. The van der Waals surface area contributed by atoms with Crippen molar-refractivity contribution in [1.82, 2.24) is 4.57 Å². The van der Waals surface area contributed by atoms with Gasteiger partial charge in [-0.05, 0) is 48.9 Å². The Morgan fingerprint density at radius 2 is 2.12 bits per heavy atom. The second-order valence-corrected chi connectivity index (χ2v) is 4.50. The lowest BCUT2D eigenvalue weighted by Crippen LogP contribution is -2.26. The minimum Gasteiger partial charge on any atom is -0.497 e. The van der Waals surface area contributed by atoms with Gasteiger partial charge in [0.2, 0.25) is 0 Å². The maximum Gasteiger partial charge on any atom is 0.258 e. The number of pyridine rings is 1. The summed E-state index contributed by atoms with van der Waals surface area (Å²) >= 11 is 0. The van der Waals surface area contributed by atoms with Crippen LogP contribution in [0.1, 0.15) is 18.5 Å². The average Bonchev–Trinajstić information content (AvgIpc) is 2.38. The van der Waals surface area contributed by atoms with Crippen LogP contribution in [0.2, 0.25) is 0 Å². The van der Waals surface area contributed by atoms with Crippen molar-refractivity contribution in [2.24, 2.45) is 0 Å². The van der Waals surface area contributed by atoms with Crippen molar-refractivity contribution in [3.05, 3.63) is 40.3 Å². The second kappa shape index (κ2) is 3.91. The van der Waals surface area contributed by atoms with Crippen LogP contribution in [-0.2, 0) is 13.0 Å². The van der Waals surface area contributed by atoms with Crippen LogP contribution >= 0.6 is 0 Å². The summed E-state index contributed by atoms with van der Waals surface area (Å²) in [7, 11) is 1.65. The molecule has 1 aliphatic rings. The molecule has 0 atom stereocenters. The monoisotopic (exact) mass is 229 g/mol. The lowest BCUT2D eigenvalue weighted by atomic mass is 10.0. The van der Waals surface area contributed by atoms with E-state index in [1.165, 1.54) is 6.42 Å². The third kappa shape index (κ3) is 1.62. The fraction of sp³-hybridized carbons (Fsp3) is 0.357. The van der Waals surface area contributed by atoms with Gasteiger partial charge in [0, 0.05) is 17.6 Å². The SMILES string of the molecule is COc1ccc2c(=O)n3c(cc2c1)CCCC3. The minimum absolute atomic E-state index is 0.139. The minimum atomic E-state index is 0.139. The van der Waals surface area contributed by atoms with Gasteiger partial charge in [0.15, 0.2) is 0 Å². The normalized spacial score (nSPS) is 14.6. The van der Waals surface area contributed by atoms with Gasteiger partial charge >= 0.3 is 0 Å². The maximum atomic E-state index is 12.3. The summed E-state index contributed by atoms with van der Waals surface area (Å²) in [6, 6.07) is 7.77. The smallest absolute Gasteiger partial charge is 0.258 e. The summed E-state index contributed by atoms with van der Waals surface area (Å²) in [5.74, 6) is 0.803. The molecular weight excluding hydrogens is 214 g/mol. The highest BCUT2D eigenvalue weighted by Gasteiger charge is 2.13. The molecule has 0 aliphatic carbocycles. The van der Waals surface area contributed by atoms with Gasteiger partial charge in [-0.2, -0.15) is 0 Å². The van der Waals surface area contributed by atoms with E-state index in [0.29, 0.717) is 0 Å². The molecular formula is C14H15NO2. The van der Waals surface area contributed by atoms with Gasteiger partial charge in [-0.15, -0.1) is 0 Å². The highest BCUT2D eigenvalue weighted by Crippen LogP contribution is 2.22. The van der Waals surface area contributed by atoms with E-state index in [2.05, 4.69) is 6.07 Å². The third-order valence-electron chi connectivity index (χ3n) is 3.47. The summed E-state index contributed by atoms with van der Waals surface area (Å²) < 4.78 is 7.11. The van der Waals surface area contributed by atoms with Gasteiger partial charge in [0.1, 0.15) is 5.75 Å². The van der Waals surface area contributed by atoms with Crippen molar-refractivity contribution < 1.29 is 4.74 Å². The zero-order valence-electron chi connectivity index (χ0n) is 9.90. The summed E-state index contributed by atoms with van der Waals surface area (Å²) in [5.41, 5.74) is 1.29. The molecule has 0 unspecified atom stereocenters. The first-order chi connectivity index (χ1) is 8.29. The predicted molar refractivity (Wildman–Crippen MR) is 67.7 cm³/mol. The highest BCUT2D eigenvalue weighted by atomic mass is 16.5. The van der Waals surface area contributed by atoms with E-state index < -0.39 is 0 Å². The quantitative estimate of drug-likeness (QED) is 0.751. The van der Waals surface area contributed by atoms with Crippen molar-refractivity contribution in [2.75, 3.05) is 7.11 Å². The van der Waals surface area contributed by atoms with Gasteiger partial charge in [-0.25, -0.2) is 0 Å². The molecule has 17 heavy (non-hydrogen) atoms. The fourth-order valence-corrected chi connectivity index (χ4v) is 2.54. The number of rotatable bonds is 1. The standard InChI is InChI=1S/C14H15NO2/c1-17-12-5-6-13-10(9-12)8-11-4-2-3-7-15(11)14(13)16/h5-6,8-9H,2-4,7H2,1H3. The van der Waals surface area contributed by atoms with Gasteiger partial charge < -0.3 is 9.30 Å². The molecule has 3 rings (SSSR count). The Morgan fingerprint density at radius 3 is 2.94 bits per heavy atom. The van der Waals surface area contributed by atoms with Gasteiger partial charge in [0.25, 0.3) is 5.56 Å². The molecule has 0 saturated heterocycles. The van der Waals surface area contributed by atoms with E-state index in [-0.39, 0.29) is 5.56 Å². The molecule has 0 N–H and O–H groups in total. The Kier molecular flexibility index (Phi) is 2.39. The number of nitrogens with zero attached hydrogens (tertiary/aromatic N) is 1. The molecule has 0 saturated carbocycles. The lowest BCUT2D eigenvalue weighted by Gasteiger charge is -2.19. The zero-order chi connectivity index (χ0) is 11.8. The Bertz CT molecular complexity index is 628. The molecule has 1 aromatic carbocycles. The van der Waals surface area contributed by atoms with Gasteiger partial charge in [0.05, 0.1) is 7.11 Å². The van der Waals surface area contributed by atoms with E-state index >= 15 is 0 Å². The van der Waals surface area contributed by atoms with Gasteiger partial charge in [-0.3, -0.25) is 4.79 Å². The first-order valence-electron chi connectivity index (χ1n) is 6.00. The summed E-state index contributed by atoms with van der Waals surface area (Å²) in [6.07, 6.45) is 3.28. The van der Waals surface area contributed by atoms with E-state index in [4.69, 9.17) is 4.74 Å². The summed E-state index contributed by atoms with van der Waals surface area (Å²) in [4.78, 5) is 12.3. The first kappa shape index (κ1) is 10.4. The summed E-state index contributed by atoms with van der Waals surface area (Å²) in [6.45, 7) is 0.857. The molecule has 0 amide bonds. The Morgan fingerprint density at radius 1 is 1.24 bits per heavy atom. The van der Waals surface area contributed by atoms with Crippen molar-refractivity contribution in [3.63, 3.8) is 0 Å². The molecule has 3 heteroatoms. The lowest BCUT2D eigenvalue weighted by molar-refractivity contribution is 0.415. The highest BCUT2D eigenvalue weighted by molar-refractivity contribution is 5.83. The average molecular weight is 229 g/mol. The number of aryl methyl sites for hydroxylation is 1. The Balaban J connectivity index is 2.32. The molecule has 0 fully saturated rings. The largest absolute Gasteiger partial charge is 0.497 e. The number of hydrogen-bond donors (Lipinski definition) is 0. The molecule has 3 nitrogen and oxygen atoms in total. The Hall–Kier alpha value is -1.77. The van der Waals surface area contributed by atoms with E-state index in [9.17, 15) is 4.79 Å². The van der Waals surface area contributed by atoms with E-state index in [0.717, 1.165) is 41.6 Å². The van der Waals surface area contributed by atoms with E-state index in [1.54, 1.807) is 7.11 Å². The topological polar surface area (TPSA) is 31.2 Å². The third-order valence-corrected chi connectivity index (χ3v) is 3.47. The second-order valence-electron chi connectivity index (χ2n) is 4.50. The summed E-state index contributed by atoms with van der Waals surface area (Å²) in [5, 5.41) is 1.78. The number of aromatic nitrogens is 1.